The normalized spacial score (nSPS) is 10.3. The van der Waals surface area contributed by atoms with Gasteiger partial charge in [0, 0.05) is 5.56 Å². The van der Waals surface area contributed by atoms with E-state index in [1.165, 1.54) is 0 Å². The molecule has 1 aromatic rings. The molecule has 1 rings (SSSR count). The van der Waals surface area contributed by atoms with Gasteiger partial charge in [-0.2, -0.15) is 0 Å². The minimum atomic E-state index is -1.17. The fourth-order valence-electron chi connectivity index (χ4n) is 1.60. The molecule has 0 aliphatic carbocycles. The molecule has 0 atom stereocenters. The van der Waals surface area contributed by atoms with E-state index in [0.717, 1.165) is 6.42 Å². The molecule has 82 valence electrons. The average molecular weight is 207 g/mol. The second-order valence-electron chi connectivity index (χ2n) is 3.43. The van der Waals surface area contributed by atoms with Crippen molar-refractivity contribution in [2.75, 3.05) is 0 Å². The van der Waals surface area contributed by atoms with E-state index in [0.29, 0.717) is 30.1 Å². The fourth-order valence-corrected chi connectivity index (χ4v) is 1.60. The van der Waals surface area contributed by atoms with Crippen LogP contribution in [0, 0.1) is 6.92 Å². The van der Waals surface area contributed by atoms with Crippen LogP contribution in [0.2, 0.25) is 0 Å². The van der Waals surface area contributed by atoms with Crippen molar-refractivity contribution < 1.29 is 9.90 Å². The molecule has 4 heteroatoms. The van der Waals surface area contributed by atoms with E-state index in [9.17, 15) is 9.90 Å². The number of rotatable bonds is 4. The van der Waals surface area contributed by atoms with Gasteiger partial charge in [-0.1, -0.05) is 20.3 Å². The first-order chi connectivity index (χ1) is 7.10. The first-order valence-electron chi connectivity index (χ1n) is 5.17. The second kappa shape index (κ2) is 4.87. The maximum absolute atomic E-state index is 11.0. The van der Waals surface area contributed by atoms with Gasteiger partial charge in [0.05, 0.1) is 17.4 Å². The molecule has 0 saturated carbocycles. The van der Waals surface area contributed by atoms with E-state index >= 15 is 0 Å². The molecular formula is C11H15N2O2-. The summed E-state index contributed by atoms with van der Waals surface area (Å²) in [5.74, 6) is -0.546. The van der Waals surface area contributed by atoms with Crippen LogP contribution >= 0.6 is 0 Å². The summed E-state index contributed by atoms with van der Waals surface area (Å²) in [7, 11) is 0. The lowest BCUT2D eigenvalue weighted by Crippen LogP contribution is -2.27. The average Bonchev–Trinajstić information content (AvgIpc) is 2.16. The van der Waals surface area contributed by atoms with Gasteiger partial charge in [0.2, 0.25) is 0 Å². The number of carboxylic acids is 1. The highest BCUT2D eigenvalue weighted by atomic mass is 16.4. The molecule has 0 saturated heterocycles. The highest BCUT2D eigenvalue weighted by Gasteiger charge is 2.11. The van der Waals surface area contributed by atoms with Gasteiger partial charge in [0.15, 0.2) is 0 Å². The van der Waals surface area contributed by atoms with E-state index in [1.807, 2.05) is 13.8 Å². The van der Waals surface area contributed by atoms with Crippen molar-refractivity contribution in [2.24, 2.45) is 0 Å². The Morgan fingerprint density at radius 1 is 1.27 bits per heavy atom. The Morgan fingerprint density at radius 3 is 2.33 bits per heavy atom. The van der Waals surface area contributed by atoms with Gasteiger partial charge < -0.3 is 9.90 Å². The molecule has 0 spiro atoms. The van der Waals surface area contributed by atoms with Gasteiger partial charge in [-0.15, -0.1) is 0 Å². The Kier molecular flexibility index (Phi) is 3.77. The largest absolute Gasteiger partial charge is 0.545 e. The molecule has 0 unspecified atom stereocenters. The van der Waals surface area contributed by atoms with Crippen molar-refractivity contribution in [1.82, 2.24) is 9.97 Å². The van der Waals surface area contributed by atoms with Crippen molar-refractivity contribution >= 4 is 5.97 Å². The Bertz CT molecular complexity index is 375. The predicted octanol–water partition coefficient (Wildman–Crippen LogP) is 0.663. The highest BCUT2D eigenvalue weighted by Crippen LogP contribution is 2.13. The molecule has 0 aromatic carbocycles. The van der Waals surface area contributed by atoms with Crippen LogP contribution in [-0.4, -0.2) is 15.9 Å². The molecule has 0 radical (unpaired) electrons. The molecule has 4 nitrogen and oxygen atoms in total. The molecule has 0 fully saturated rings. The maximum atomic E-state index is 11.0. The van der Waals surface area contributed by atoms with Crippen LogP contribution in [0.15, 0.2) is 0 Å². The van der Waals surface area contributed by atoms with E-state index in [4.69, 9.17) is 0 Å². The molecule has 0 aliphatic rings. The summed E-state index contributed by atoms with van der Waals surface area (Å²) in [6.45, 7) is 5.64. The number of aryl methyl sites for hydroxylation is 3. The monoisotopic (exact) mass is 207 g/mol. The topological polar surface area (TPSA) is 65.9 Å². The zero-order chi connectivity index (χ0) is 11.4. The van der Waals surface area contributed by atoms with Crippen molar-refractivity contribution in [1.29, 1.82) is 0 Å². The molecule has 15 heavy (non-hydrogen) atoms. The van der Waals surface area contributed by atoms with E-state index in [-0.39, 0.29) is 5.56 Å². The SMILES string of the molecule is CCCc1nc(C)nc(CC)c1C(=O)[O-]. The van der Waals surface area contributed by atoms with Gasteiger partial charge in [-0.05, 0) is 19.8 Å². The number of hydrogen-bond donors (Lipinski definition) is 0. The van der Waals surface area contributed by atoms with Crippen molar-refractivity contribution in [3.05, 3.63) is 22.8 Å². The summed E-state index contributed by atoms with van der Waals surface area (Å²) in [5, 5.41) is 11.0. The molecular weight excluding hydrogens is 192 g/mol. The lowest BCUT2D eigenvalue weighted by molar-refractivity contribution is -0.255. The van der Waals surface area contributed by atoms with Crippen molar-refractivity contribution in [2.45, 2.75) is 40.0 Å². The second-order valence-corrected chi connectivity index (χ2v) is 3.43. The zero-order valence-corrected chi connectivity index (χ0v) is 9.33. The highest BCUT2D eigenvalue weighted by molar-refractivity contribution is 5.88. The van der Waals surface area contributed by atoms with Crippen LogP contribution in [0.1, 0.15) is 47.8 Å². The van der Waals surface area contributed by atoms with Gasteiger partial charge in [-0.25, -0.2) is 9.97 Å². The molecule has 1 heterocycles. The summed E-state index contributed by atoms with van der Waals surface area (Å²) >= 11 is 0. The number of carboxylic acid groups (broad SMARTS) is 1. The number of nitrogens with zero attached hydrogens (tertiary/aromatic N) is 2. The third kappa shape index (κ3) is 2.52. The summed E-state index contributed by atoms with van der Waals surface area (Å²) in [4.78, 5) is 19.3. The first kappa shape index (κ1) is 11.6. The Morgan fingerprint density at radius 2 is 1.87 bits per heavy atom. The smallest absolute Gasteiger partial charge is 0.125 e. The van der Waals surface area contributed by atoms with Crippen LogP contribution in [0.4, 0.5) is 0 Å². The standard InChI is InChI=1S/C11H16N2O2/c1-4-6-9-10(11(14)15)8(5-2)12-7(3)13-9/h4-6H2,1-3H3,(H,14,15)/p-1. The number of carbonyl (C=O) groups excluding carboxylic acids is 1. The first-order valence-corrected chi connectivity index (χ1v) is 5.17. The number of aromatic nitrogens is 2. The van der Waals surface area contributed by atoms with Crippen LogP contribution < -0.4 is 5.11 Å². The van der Waals surface area contributed by atoms with E-state index in [1.54, 1.807) is 6.92 Å². The van der Waals surface area contributed by atoms with Crippen LogP contribution in [0.25, 0.3) is 0 Å². The zero-order valence-electron chi connectivity index (χ0n) is 9.33. The van der Waals surface area contributed by atoms with Crippen LogP contribution in [0.3, 0.4) is 0 Å². The lowest BCUT2D eigenvalue weighted by Gasteiger charge is -2.13. The van der Waals surface area contributed by atoms with Gasteiger partial charge in [0.1, 0.15) is 5.82 Å². The third-order valence-corrected chi connectivity index (χ3v) is 2.20. The minimum Gasteiger partial charge on any atom is -0.545 e. The maximum Gasteiger partial charge on any atom is 0.125 e. The summed E-state index contributed by atoms with van der Waals surface area (Å²) in [6, 6.07) is 0. The Hall–Kier alpha value is -1.45. The van der Waals surface area contributed by atoms with Crippen LogP contribution in [0.5, 0.6) is 0 Å². The van der Waals surface area contributed by atoms with E-state index < -0.39 is 5.97 Å². The Balaban J connectivity index is 3.33. The number of aromatic carboxylic acids is 1. The van der Waals surface area contributed by atoms with E-state index in [2.05, 4.69) is 9.97 Å². The van der Waals surface area contributed by atoms with Crippen LogP contribution in [-0.2, 0) is 12.8 Å². The van der Waals surface area contributed by atoms with Crippen molar-refractivity contribution in [3.63, 3.8) is 0 Å². The number of carbonyl (C=O) groups is 1. The lowest BCUT2D eigenvalue weighted by atomic mass is 10.1. The quantitative estimate of drug-likeness (QED) is 0.727. The Labute approximate surface area is 89.4 Å². The van der Waals surface area contributed by atoms with Crippen molar-refractivity contribution in [3.8, 4) is 0 Å². The molecule has 0 bridgehead atoms. The fraction of sp³-hybridized carbons (Fsp3) is 0.545. The molecule has 0 aliphatic heterocycles. The van der Waals surface area contributed by atoms with Gasteiger partial charge in [0.25, 0.3) is 0 Å². The van der Waals surface area contributed by atoms with Gasteiger partial charge >= 0.3 is 0 Å². The minimum absolute atomic E-state index is 0.185. The summed E-state index contributed by atoms with van der Waals surface area (Å²) in [6.07, 6.45) is 2.10. The number of hydrogen-bond acceptors (Lipinski definition) is 4. The third-order valence-electron chi connectivity index (χ3n) is 2.20. The van der Waals surface area contributed by atoms with Gasteiger partial charge in [-0.3, -0.25) is 0 Å². The summed E-state index contributed by atoms with van der Waals surface area (Å²) in [5.41, 5.74) is 1.36. The predicted molar refractivity (Wildman–Crippen MR) is 54.5 cm³/mol. The molecule has 0 N–H and O–H groups in total. The molecule has 0 amide bonds. The molecule has 1 aromatic heterocycles. The summed E-state index contributed by atoms with van der Waals surface area (Å²) < 4.78 is 0.